The Bertz CT molecular complexity index is 103. The molecular weight excluding hydrogens is 111 g/mol. The Morgan fingerprint density at radius 1 is 1.75 bits per heavy atom. The van der Waals surface area contributed by atoms with E-state index in [4.69, 9.17) is 5.73 Å². The Labute approximate surface area is 46.0 Å². The fraction of sp³-hybridized carbons (Fsp3) is 0. The Kier molecular flexibility index (Phi) is 1.43. The molecule has 1 heterocycles. The molecule has 45 valence electrons. The summed E-state index contributed by atoms with van der Waals surface area (Å²) in [5, 5.41) is 0.162. The number of rotatable bonds is 0. The Balaban J connectivity index is 2.42. The molecule has 1 radical (unpaired) electrons. The van der Waals surface area contributed by atoms with Gasteiger partial charge in [0.15, 0.2) is 0 Å². The first-order valence-electron chi connectivity index (χ1n) is 2.07. The van der Waals surface area contributed by atoms with Crippen LogP contribution in [0, 0.1) is 6.17 Å². The molecule has 1 rings (SSSR count). The molecule has 8 heavy (non-hydrogen) atoms. The fourth-order valence-corrected chi connectivity index (χ4v) is 0.375. The highest BCUT2D eigenvalue weighted by Crippen LogP contribution is 1.92. The van der Waals surface area contributed by atoms with E-state index in [2.05, 4.69) is 10.9 Å². The molecule has 0 aromatic carbocycles. The van der Waals surface area contributed by atoms with Crippen LogP contribution in [0.15, 0.2) is 12.3 Å². The molecule has 0 aliphatic carbocycles. The molecule has 0 aromatic heterocycles. The minimum absolute atomic E-state index is 0.162. The minimum Gasteiger partial charge on any atom is -0.306 e. The van der Waals surface area contributed by atoms with Gasteiger partial charge in [-0.25, -0.2) is 0 Å². The lowest BCUT2D eigenvalue weighted by atomic mass is 10.5. The van der Waals surface area contributed by atoms with Crippen molar-refractivity contribution < 1.29 is 4.48 Å². The lowest BCUT2D eigenvalue weighted by molar-refractivity contribution is -0.0702. The molecule has 0 saturated heterocycles. The van der Waals surface area contributed by atoms with Gasteiger partial charge >= 0.3 is 0 Å². The van der Waals surface area contributed by atoms with Crippen LogP contribution in [0.1, 0.15) is 0 Å². The fourth-order valence-electron chi connectivity index (χ4n) is 0.375. The molecular formula is C3H6FN4. The topological polar surface area (TPSA) is 53.3 Å². The van der Waals surface area contributed by atoms with Crippen molar-refractivity contribution in [3.05, 3.63) is 18.4 Å². The van der Waals surface area contributed by atoms with Crippen molar-refractivity contribution in [2.45, 2.75) is 0 Å². The van der Waals surface area contributed by atoms with Gasteiger partial charge in [0, 0.05) is 11.5 Å². The van der Waals surface area contributed by atoms with Crippen LogP contribution in [0.2, 0.25) is 0 Å². The Morgan fingerprint density at radius 3 is 2.88 bits per heavy atom. The third kappa shape index (κ3) is 1.16. The number of nitrogens with zero attached hydrogens (tertiary/aromatic N) is 1. The van der Waals surface area contributed by atoms with Crippen LogP contribution in [0.25, 0.3) is 0 Å². The third-order valence-electron chi connectivity index (χ3n) is 0.678. The van der Waals surface area contributed by atoms with Crippen LogP contribution in [0.5, 0.6) is 0 Å². The SMILES string of the molecule is N[C]1C=CNN(F)N1. The van der Waals surface area contributed by atoms with Crippen molar-refractivity contribution in [1.82, 2.24) is 16.2 Å². The van der Waals surface area contributed by atoms with Gasteiger partial charge in [0.05, 0.1) is 0 Å². The number of hydrogen-bond acceptors (Lipinski definition) is 4. The summed E-state index contributed by atoms with van der Waals surface area (Å²) in [4.78, 5) is 0. The molecule has 0 saturated carbocycles. The van der Waals surface area contributed by atoms with E-state index in [0.717, 1.165) is 0 Å². The van der Waals surface area contributed by atoms with Crippen molar-refractivity contribution in [3.63, 3.8) is 0 Å². The maximum atomic E-state index is 11.9. The molecule has 0 unspecified atom stereocenters. The summed E-state index contributed by atoms with van der Waals surface area (Å²) in [6.45, 7) is 0. The number of halogens is 1. The maximum absolute atomic E-state index is 11.9. The van der Waals surface area contributed by atoms with Crippen LogP contribution in [0.4, 0.5) is 4.48 Å². The van der Waals surface area contributed by atoms with E-state index < -0.39 is 0 Å². The van der Waals surface area contributed by atoms with Crippen molar-refractivity contribution in [2.24, 2.45) is 5.73 Å². The molecule has 0 aromatic rings. The van der Waals surface area contributed by atoms with Gasteiger partial charge in [-0.05, 0) is 6.08 Å². The van der Waals surface area contributed by atoms with Crippen molar-refractivity contribution >= 4 is 0 Å². The zero-order valence-corrected chi connectivity index (χ0v) is 4.06. The van der Waals surface area contributed by atoms with Gasteiger partial charge in [0.2, 0.25) is 0 Å². The molecule has 1 aliphatic rings. The molecule has 4 N–H and O–H groups in total. The van der Waals surface area contributed by atoms with Gasteiger partial charge < -0.3 is 5.73 Å². The number of nitrogens with two attached hydrogens (primary N) is 1. The molecule has 0 bridgehead atoms. The molecule has 1 aliphatic heterocycles. The number of nitrogens with one attached hydrogen (secondary N) is 2. The van der Waals surface area contributed by atoms with Gasteiger partial charge in [-0.1, -0.05) is 4.48 Å². The predicted molar refractivity (Wildman–Crippen MR) is 25.8 cm³/mol. The van der Waals surface area contributed by atoms with Crippen LogP contribution < -0.4 is 16.6 Å². The highest BCUT2D eigenvalue weighted by molar-refractivity contribution is 5.03. The molecule has 0 spiro atoms. The average Bonchev–Trinajstić information content (AvgIpc) is 1.64. The zero-order chi connectivity index (χ0) is 5.98. The van der Waals surface area contributed by atoms with Crippen LogP contribution in [0.3, 0.4) is 0 Å². The van der Waals surface area contributed by atoms with Gasteiger partial charge in [0.25, 0.3) is 0 Å². The van der Waals surface area contributed by atoms with Gasteiger partial charge in [-0.2, -0.15) is 5.43 Å². The number of hydrogen-bond donors (Lipinski definition) is 3. The van der Waals surface area contributed by atoms with Crippen LogP contribution in [-0.2, 0) is 0 Å². The van der Waals surface area contributed by atoms with Crippen molar-refractivity contribution in [3.8, 4) is 0 Å². The largest absolute Gasteiger partial charge is 0.306 e. The summed E-state index contributed by atoms with van der Waals surface area (Å²) in [6.07, 6.45) is 3.16. The summed E-state index contributed by atoms with van der Waals surface area (Å²) < 4.78 is 11.9. The Morgan fingerprint density at radius 2 is 2.50 bits per heavy atom. The minimum atomic E-state index is 0.162. The van der Waals surface area contributed by atoms with Crippen LogP contribution >= 0.6 is 0 Å². The molecule has 0 amide bonds. The zero-order valence-electron chi connectivity index (χ0n) is 4.06. The smallest absolute Gasteiger partial charge is 0.141 e. The van der Waals surface area contributed by atoms with Crippen molar-refractivity contribution in [2.75, 3.05) is 0 Å². The summed E-state index contributed by atoms with van der Waals surface area (Å²) in [5.41, 5.74) is 9.45. The van der Waals surface area contributed by atoms with Crippen LogP contribution in [-0.4, -0.2) is 5.34 Å². The third-order valence-corrected chi connectivity index (χ3v) is 0.678. The van der Waals surface area contributed by atoms with Gasteiger partial charge in [0.1, 0.15) is 6.17 Å². The van der Waals surface area contributed by atoms with E-state index in [9.17, 15) is 4.48 Å². The van der Waals surface area contributed by atoms with E-state index in [1.807, 2.05) is 0 Å². The van der Waals surface area contributed by atoms with E-state index in [1.165, 1.54) is 12.3 Å². The normalized spacial score (nSPS) is 23.2. The highest BCUT2D eigenvalue weighted by Gasteiger charge is 2.07. The summed E-state index contributed by atoms with van der Waals surface area (Å²) in [7, 11) is 0. The average molecular weight is 117 g/mol. The predicted octanol–water partition coefficient (Wildman–Crippen LogP) is -0.842. The highest BCUT2D eigenvalue weighted by atomic mass is 19.2. The number of hydrazine groups is 2. The van der Waals surface area contributed by atoms with E-state index in [-0.39, 0.29) is 11.5 Å². The van der Waals surface area contributed by atoms with Crippen molar-refractivity contribution in [1.29, 1.82) is 0 Å². The monoisotopic (exact) mass is 117 g/mol. The molecule has 4 nitrogen and oxygen atoms in total. The maximum Gasteiger partial charge on any atom is 0.141 e. The second-order valence-corrected chi connectivity index (χ2v) is 1.31. The first-order valence-corrected chi connectivity index (χ1v) is 2.07. The second-order valence-electron chi connectivity index (χ2n) is 1.31. The van der Waals surface area contributed by atoms with E-state index in [1.54, 1.807) is 0 Å². The Hall–Kier alpha value is -0.650. The lowest BCUT2D eigenvalue weighted by Crippen LogP contribution is -2.47. The molecule has 5 heteroatoms. The summed E-state index contributed by atoms with van der Waals surface area (Å²) in [6, 6.07) is 0. The molecule has 0 fully saturated rings. The standard InChI is InChI=1S/C3H6FN4/c4-8-6-2-1-3(5)7-8/h1-2,6-7H,5H2. The quantitative estimate of drug-likeness (QED) is 0.362. The first-order chi connectivity index (χ1) is 3.79. The second kappa shape index (κ2) is 2.08. The summed E-state index contributed by atoms with van der Waals surface area (Å²) >= 11 is 0. The summed E-state index contributed by atoms with van der Waals surface area (Å²) in [5.74, 6) is 0. The lowest BCUT2D eigenvalue weighted by Gasteiger charge is -2.18. The van der Waals surface area contributed by atoms with Gasteiger partial charge in [-0.3, -0.25) is 5.43 Å². The van der Waals surface area contributed by atoms with Gasteiger partial charge in [-0.15, -0.1) is 0 Å². The van der Waals surface area contributed by atoms with E-state index in [0.29, 0.717) is 0 Å². The first kappa shape index (κ1) is 5.49. The van der Waals surface area contributed by atoms with E-state index >= 15 is 0 Å². The molecule has 0 atom stereocenters.